The molecule has 1 unspecified atom stereocenters. The molecule has 1 aromatic carbocycles. The summed E-state index contributed by atoms with van der Waals surface area (Å²) >= 11 is 5.88. The Bertz CT molecular complexity index is 479. The van der Waals surface area contributed by atoms with Gasteiger partial charge in [0, 0.05) is 38.4 Å². The molecule has 0 amide bonds. The fourth-order valence-electron chi connectivity index (χ4n) is 2.38. The smallest absolute Gasteiger partial charge is 0.191 e. The number of benzene rings is 1. The van der Waals surface area contributed by atoms with Gasteiger partial charge in [-0.05, 0) is 37.0 Å². The van der Waals surface area contributed by atoms with Crippen molar-refractivity contribution in [1.82, 2.24) is 10.6 Å². The number of hydrogen-bond donors (Lipinski definition) is 2. The van der Waals surface area contributed by atoms with Crippen LogP contribution >= 0.6 is 35.6 Å². The summed E-state index contributed by atoms with van der Waals surface area (Å²) in [6, 6.07) is 7.78. The van der Waals surface area contributed by atoms with Gasteiger partial charge in [-0.2, -0.15) is 0 Å². The van der Waals surface area contributed by atoms with E-state index in [9.17, 15) is 0 Å². The molecule has 1 atom stereocenters. The second-order valence-corrected chi connectivity index (χ2v) is 5.98. The molecule has 0 spiro atoms. The fourth-order valence-corrected chi connectivity index (χ4v) is 2.51. The predicted molar refractivity (Wildman–Crippen MR) is 109 cm³/mol. The lowest BCUT2D eigenvalue weighted by molar-refractivity contribution is 0.0168. The first-order valence-electron chi connectivity index (χ1n) is 8.16. The molecule has 2 N–H and O–H groups in total. The minimum atomic E-state index is 0. The van der Waals surface area contributed by atoms with E-state index in [2.05, 4.69) is 15.6 Å². The zero-order chi connectivity index (χ0) is 16.3. The van der Waals surface area contributed by atoms with Crippen molar-refractivity contribution >= 4 is 41.5 Å². The number of nitrogens with one attached hydrogen (secondary N) is 2. The second-order valence-electron chi connectivity index (χ2n) is 5.54. The van der Waals surface area contributed by atoms with E-state index in [-0.39, 0.29) is 24.0 Å². The average Bonchev–Trinajstić information content (AvgIpc) is 3.08. The fraction of sp³-hybridized carbons (Fsp3) is 0.588. The van der Waals surface area contributed by atoms with Crippen LogP contribution in [0.4, 0.5) is 0 Å². The SMILES string of the molecule is CN=C(NCCCOCC1CCCO1)NCc1ccc(Cl)cc1.I. The van der Waals surface area contributed by atoms with Crippen molar-refractivity contribution in [3.8, 4) is 0 Å². The van der Waals surface area contributed by atoms with Crippen molar-refractivity contribution in [2.45, 2.75) is 31.9 Å². The minimum Gasteiger partial charge on any atom is -0.379 e. The van der Waals surface area contributed by atoms with Crippen molar-refractivity contribution in [2.24, 2.45) is 4.99 Å². The zero-order valence-electron chi connectivity index (χ0n) is 14.1. The molecule has 5 nitrogen and oxygen atoms in total. The molecule has 136 valence electrons. The van der Waals surface area contributed by atoms with Crippen LogP contribution in [0.1, 0.15) is 24.8 Å². The normalized spacial score (nSPS) is 17.4. The standard InChI is InChI=1S/C17H26ClN3O2.HI/c1-19-17(21-12-14-5-7-15(18)8-6-14)20-9-3-10-22-13-16-4-2-11-23-16;/h5-8,16H,2-4,9-13H2,1H3,(H2,19,20,21);1H. The summed E-state index contributed by atoms with van der Waals surface area (Å²) in [6.07, 6.45) is 3.52. The van der Waals surface area contributed by atoms with E-state index < -0.39 is 0 Å². The molecule has 24 heavy (non-hydrogen) atoms. The summed E-state index contributed by atoms with van der Waals surface area (Å²) in [5.41, 5.74) is 1.16. The van der Waals surface area contributed by atoms with E-state index in [1.165, 1.54) is 0 Å². The van der Waals surface area contributed by atoms with E-state index in [0.717, 1.165) is 55.6 Å². The predicted octanol–water partition coefficient (Wildman–Crippen LogP) is 3.21. The first-order valence-corrected chi connectivity index (χ1v) is 8.54. The number of nitrogens with zero attached hydrogens (tertiary/aromatic N) is 1. The molecule has 1 aliphatic rings. The van der Waals surface area contributed by atoms with Gasteiger partial charge < -0.3 is 20.1 Å². The number of guanidine groups is 1. The van der Waals surface area contributed by atoms with Gasteiger partial charge in [0.25, 0.3) is 0 Å². The summed E-state index contributed by atoms with van der Waals surface area (Å²) in [5.74, 6) is 0.791. The second kappa shape index (κ2) is 12.7. The molecule has 1 aliphatic heterocycles. The van der Waals surface area contributed by atoms with Crippen LogP contribution in [0.25, 0.3) is 0 Å². The Kier molecular flexibility index (Phi) is 11.4. The first-order chi connectivity index (χ1) is 11.3. The Hall–Kier alpha value is -0.570. The molecule has 0 bridgehead atoms. The molecule has 1 saturated heterocycles. The van der Waals surface area contributed by atoms with Crippen molar-refractivity contribution in [1.29, 1.82) is 0 Å². The van der Waals surface area contributed by atoms with E-state index in [1.807, 2.05) is 24.3 Å². The third-order valence-electron chi connectivity index (χ3n) is 3.68. The number of halogens is 2. The van der Waals surface area contributed by atoms with Gasteiger partial charge in [0.15, 0.2) is 5.96 Å². The summed E-state index contributed by atoms with van der Waals surface area (Å²) in [4.78, 5) is 4.21. The Morgan fingerprint density at radius 3 is 2.79 bits per heavy atom. The van der Waals surface area contributed by atoms with Crippen molar-refractivity contribution in [3.05, 3.63) is 34.9 Å². The van der Waals surface area contributed by atoms with Gasteiger partial charge in [0.2, 0.25) is 0 Å². The van der Waals surface area contributed by atoms with Crippen LogP contribution in [0.2, 0.25) is 5.02 Å². The summed E-state index contributed by atoms with van der Waals surface area (Å²) in [7, 11) is 1.77. The quantitative estimate of drug-likeness (QED) is 0.267. The lowest BCUT2D eigenvalue weighted by Gasteiger charge is -2.13. The number of aliphatic imine (C=N–C) groups is 1. The van der Waals surface area contributed by atoms with Gasteiger partial charge in [0.1, 0.15) is 0 Å². The largest absolute Gasteiger partial charge is 0.379 e. The summed E-state index contributed by atoms with van der Waals surface area (Å²) in [5, 5.41) is 7.31. The number of ether oxygens (including phenoxy) is 2. The number of hydrogen-bond acceptors (Lipinski definition) is 3. The highest BCUT2D eigenvalue weighted by atomic mass is 127. The zero-order valence-corrected chi connectivity index (χ0v) is 17.2. The van der Waals surface area contributed by atoms with Crippen molar-refractivity contribution < 1.29 is 9.47 Å². The molecule has 1 heterocycles. The minimum absolute atomic E-state index is 0. The van der Waals surface area contributed by atoms with Gasteiger partial charge >= 0.3 is 0 Å². The van der Waals surface area contributed by atoms with E-state index in [4.69, 9.17) is 21.1 Å². The molecule has 2 rings (SSSR count). The maximum atomic E-state index is 5.88. The van der Waals surface area contributed by atoms with Crippen molar-refractivity contribution in [2.75, 3.05) is 33.4 Å². The van der Waals surface area contributed by atoms with Gasteiger partial charge in [-0.25, -0.2) is 0 Å². The molecule has 7 heteroatoms. The molecular weight excluding hydrogens is 441 g/mol. The average molecular weight is 468 g/mol. The van der Waals surface area contributed by atoms with Crippen LogP contribution < -0.4 is 10.6 Å². The van der Waals surface area contributed by atoms with Gasteiger partial charge in [-0.3, -0.25) is 4.99 Å². The lowest BCUT2D eigenvalue weighted by Crippen LogP contribution is -2.37. The number of rotatable bonds is 8. The lowest BCUT2D eigenvalue weighted by atomic mass is 10.2. The van der Waals surface area contributed by atoms with E-state index in [1.54, 1.807) is 7.05 Å². The monoisotopic (exact) mass is 467 g/mol. The Balaban J connectivity index is 0.00000288. The first kappa shape index (κ1) is 21.5. The van der Waals surface area contributed by atoms with Gasteiger partial charge in [0.05, 0.1) is 12.7 Å². The maximum absolute atomic E-state index is 5.88. The van der Waals surface area contributed by atoms with E-state index in [0.29, 0.717) is 19.3 Å². The van der Waals surface area contributed by atoms with Crippen LogP contribution in [0.15, 0.2) is 29.3 Å². The Labute approximate surface area is 166 Å². The van der Waals surface area contributed by atoms with Crippen LogP contribution in [0.3, 0.4) is 0 Å². The third-order valence-corrected chi connectivity index (χ3v) is 3.93. The summed E-state index contributed by atoms with van der Waals surface area (Å²) < 4.78 is 11.2. The molecule has 1 fully saturated rings. The highest BCUT2D eigenvalue weighted by Crippen LogP contribution is 2.11. The van der Waals surface area contributed by atoms with Crippen LogP contribution in [-0.2, 0) is 16.0 Å². The molecule has 0 radical (unpaired) electrons. The third kappa shape index (κ3) is 8.50. The van der Waals surface area contributed by atoms with Crippen LogP contribution in [0, 0.1) is 0 Å². The molecule has 0 aliphatic carbocycles. The Morgan fingerprint density at radius 2 is 2.12 bits per heavy atom. The molecule has 1 aromatic rings. The molecular formula is C17H27ClIN3O2. The highest BCUT2D eigenvalue weighted by Gasteiger charge is 2.14. The Morgan fingerprint density at radius 1 is 1.33 bits per heavy atom. The van der Waals surface area contributed by atoms with Crippen molar-refractivity contribution in [3.63, 3.8) is 0 Å². The molecule has 0 aromatic heterocycles. The van der Waals surface area contributed by atoms with E-state index >= 15 is 0 Å². The topological polar surface area (TPSA) is 54.9 Å². The van der Waals surface area contributed by atoms with Gasteiger partial charge in [-0.1, -0.05) is 23.7 Å². The summed E-state index contributed by atoms with van der Waals surface area (Å²) in [6.45, 7) is 3.87. The van der Waals surface area contributed by atoms with Gasteiger partial charge in [-0.15, -0.1) is 24.0 Å². The maximum Gasteiger partial charge on any atom is 0.191 e. The van der Waals surface area contributed by atoms with Crippen LogP contribution in [0.5, 0.6) is 0 Å². The highest BCUT2D eigenvalue weighted by molar-refractivity contribution is 14.0. The van der Waals surface area contributed by atoms with Crippen LogP contribution in [-0.4, -0.2) is 45.5 Å². The molecule has 0 saturated carbocycles.